The van der Waals surface area contributed by atoms with Crippen molar-refractivity contribution in [1.82, 2.24) is 5.43 Å². The first-order valence-corrected chi connectivity index (χ1v) is 3.78. The maximum atomic E-state index is 10.5. The molecule has 1 atom stereocenters. The molecule has 0 aliphatic carbocycles. The molecule has 0 fully saturated rings. The number of guanidine groups is 1. The van der Waals surface area contributed by atoms with E-state index in [0.717, 1.165) is 0 Å². The highest BCUT2D eigenvalue weighted by molar-refractivity contribution is 5.75. The van der Waals surface area contributed by atoms with Gasteiger partial charge >= 0.3 is 5.97 Å². The lowest BCUT2D eigenvalue weighted by atomic mass is 10.2. The Balaban J connectivity index is 3.72. The summed E-state index contributed by atoms with van der Waals surface area (Å²) >= 11 is 0. The first kappa shape index (κ1) is 9.75. The fourth-order valence-corrected chi connectivity index (χ4v) is 0.761. The Labute approximate surface area is 77.4 Å². The van der Waals surface area contributed by atoms with Crippen LogP contribution in [0.15, 0.2) is 4.99 Å². The van der Waals surface area contributed by atoms with Crippen LogP contribution in [0.3, 0.4) is 0 Å². The maximum Gasteiger partial charge on any atom is 0.322 e. The molecule has 0 radical (unpaired) electrons. The highest BCUT2D eigenvalue weighted by Crippen LogP contribution is 1.96. The summed E-state index contributed by atoms with van der Waals surface area (Å²) in [5.74, 6) is 0.803. The van der Waals surface area contributed by atoms with E-state index in [2.05, 4.69) is 10.4 Å². The number of carboxylic acid groups (broad SMARTS) is 1. The average molecular weight is 190 g/mol. The van der Waals surface area contributed by atoms with Gasteiger partial charge < -0.3 is 16.6 Å². The van der Waals surface area contributed by atoms with Crippen LogP contribution in [0.25, 0.3) is 0 Å². The number of hydrogen-bond acceptors (Lipinski definition) is 4. The van der Waals surface area contributed by atoms with E-state index in [1.54, 1.807) is 0 Å². The third kappa shape index (κ3) is 5.88. The molecule has 0 saturated carbocycles. The molecule has 8 N–H and O–H groups in total. The molecule has 0 aromatic rings. The smallest absolute Gasteiger partial charge is 0.322 e. The van der Waals surface area contributed by atoms with Crippen LogP contribution in [-0.2, 0) is 4.79 Å². The largest absolute Gasteiger partial charge is 0.480 e. The minimum Gasteiger partial charge on any atom is -0.480 e. The summed E-state index contributed by atoms with van der Waals surface area (Å²) in [7, 11) is 0. The Hall–Kier alpha value is -1.34. The lowest BCUT2D eigenvalue weighted by Crippen LogP contribution is -2.41. The normalized spacial score (nSPS) is 13.1. The monoisotopic (exact) mass is 190 g/mol. The second-order valence-corrected chi connectivity index (χ2v) is 2.48. The zero-order valence-corrected chi connectivity index (χ0v) is 7.16. The molecule has 13 heavy (non-hydrogen) atoms. The van der Waals surface area contributed by atoms with E-state index >= 15 is 0 Å². The van der Waals surface area contributed by atoms with Gasteiger partial charge in [-0.15, -0.1) is 0 Å². The van der Waals surface area contributed by atoms with Crippen molar-refractivity contribution in [3.63, 3.8) is 0 Å². The van der Waals surface area contributed by atoms with Crippen LogP contribution >= 0.6 is 0 Å². The quantitative estimate of drug-likeness (QED) is 0.103. The lowest BCUT2D eigenvalue weighted by molar-refractivity contribution is -0.139. The van der Waals surface area contributed by atoms with Gasteiger partial charge in [-0.3, -0.25) is 15.6 Å². The van der Waals surface area contributed by atoms with Crippen molar-refractivity contribution in [2.45, 2.75) is 18.9 Å². The molecular formula is C6H15N5O2. The van der Waals surface area contributed by atoms with E-state index in [9.17, 15) is 4.79 Å². The number of aliphatic imine (C=N–C) groups is 1. The molecule has 7 nitrogen and oxygen atoms in total. The fraction of sp³-hybridized carbons (Fsp3) is 0.667. The van der Waals surface area contributed by atoms with Gasteiger partial charge in [0.25, 0.3) is 0 Å². The maximum absolute atomic E-state index is 10.5. The van der Waals surface area contributed by atoms with Crippen molar-refractivity contribution in [3.05, 3.63) is 0 Å². The van der Waals surface area contributed by atoms with Crippen LogP contribution in [0.2, 0.25) is 1.41 Å². The topological polar surface area (TPSA) is 140 Å². The second-order valence-electron chi connectivity index (χ2n) is 2.48. The Bertz CT molecular complexity index is 206. The predicted octanol–water partition coefficient (Wildman–Crippen LogP) is -2.04. The van der Waals surface area contributed by atoms with Gasteiger partial charge in [-0.2, -0.15) is 0 Å². The molecule has 7 heteroatoms. The molecular weight excluding hydrogens is 174 g/mol. The van der Waals surface area contributed by atoms with Crippen LogP contribution in [-0.4, -0.2) is 29.6 Å². The summed E-state index contributed by atoms with van der Waals surface area (Å²) in [5, 5.41) is 8.64. The molecule has 0 spiro atoms. The van der Waals surface area contributed by atoms with Crippen molar-refractivity contribution in [2.24, 2.45) is 22.3 Å². The molecule has 0 rings (SSSR count). The standard InChI is InChI=1S/C6H15N5O2/c7-6(8)10-3-1-2-4(11-9)5(12)13/h4,11H,1-3,9H2,(H,12,13)(H4,7,8,10)/t4-/m0/s1/i/hD. The Morgan fingerprint density at radius 2 is 2.38 bits per heavy atom. The molecule has 0 aromatic carbocycles. The van der Waals surface area contributed by atoms with Crippen molar-refractivity contribution in [2.75, 3.05) is 6.54 Å². The van der Waals surface area contributed by atoms with Gasteiger partial charge in [0.2, 0.25) is 0 Å². The van der Waals surface area contributed by atoms with E-state index in [0.29, 0.717) is 19.4 Å². The summed E-state index contributed by atoms with van der Waals surface area (Å²) in [4.78, 5) is 14.2. The molecule has 0 heterocycles. The van der Waals surface area contributed by atoms with Crippen molar-refractivity contribution in [1.29, 1.82) is 0 Å². The lowest BCUT2D eigenvalue weighted by Gasteiger charge is -2.08. The molecule has 0 aromatic heterocycles. The zero-order chi connectivity index (χ0) is 11.0. The first-order valence-electron chi connectivity index (χ1n) is 4.28. The SMILES string of the molecule is [2H]NN[C@@H](CCCN=C(N)N)C(=O)O. The molecule has 0 bridgehead atoms. The second kappa shape index (κ2) is 6.21. The summed E-state index contributed by atoms with van der Waals surface area (Å²) < 4.78 is 6.58. The molecule has 0 aliphatic heterocycles. The Morgan fingerprint density at radius 1 is 1.69 bits per heavy atom. The Morgan fingerprint density at radius 3 is 2.85 bits per heavy atom. The number of carbonyl (C=O) groups is 1. The minimum absolute atomic E-state index is 0.0107. The van der Waals surface area contributed by atoms with Crippen LogP contribution in [0.1, 0.15) is 12.8 Å². The number of rotatable bonds is 7. The van der Waals surface area contributed by atoms with E-state index < -0.39 is 12.0 Å². The van der Waals surface area contributed by atoms with Gasteiger partial charge in [-0.1, -0.05) is 0 Å². The van der Waals surface area contributed by atoms with E-state index in [1.165, 1.54) is 0 Å². The third-order valence-corrected chi connectivity index (χ3v) is 1.42. The van der Waals surface area contributed by atoms with E-state index in [1.807, 2.05) is 5.84 Å². The fourth-order valence-electron chi connectivity index (χ4n) is 0.761. The highest BCUT2D eigenvalue weighted by Gasteiger charge is 2.13. The van der Waals surface area contributed by atoms with Crippen LogP contribution in [0.5, 0.6) is 0 Å². The van der Waals surface area contributed by atoms with Gasteiger partial charge in [0.05, 0.1) is 0 Å². The summed E-state index contributed by atoms with van der Waals surface area (Å²) in [6.07, 6.45) is 0.877. The van der Waals surface area contributed by atoms with Crippen LogP contribution in [0.4, 0.5) is 0 Å². The average Bonchev–Trinajstić information content (AvgIpc) is 2.09. The van der Waals surface area contributed by atoms with Gasteiger partial charge in [-0.05, 0) is 12.8 Å². The zero-order valence-electron chi connectivity index (χ0n) is 8.16. The number of nitrogens with two attached hydrogens (primary N) is 3. The number of hydrazine groups is 1. The molecule has 0 saturated heterocycles. The van der Waals surface area contributed by atoms with Crippen molar-refractivity contribution >= 4 is 11.9 Å². The van der Waals surface area contributed by atoms with Gasteiger partial charge in [-0.25, -0.2) is 5.43 Å². The predicted molar refractivity (Wildman–Crippen MR) is 48.7 cm³/mol. The molecule has 0 amide bonds. The third-order valence-electron chi connectivity index (χ3n) is 1.42. The number of hydrogen-bond donors (Lipinski definition) is 5. The van der Waals surface area contributed by atoms with Crippen LogP contribution < -0.4 is 22.7 Å². The van der Waals surface area contributed by atoms with E-state index in [-0.39, 0.29) is 5.96 Å². The minimum atomic E-state index is -1.02. The van der Waals surface area contributed by atoms with Crippen molar-refractivity contribution < 1.29 is 11.3 Å². The highest BCUT2D eigenvalue weighted by atomic mass is 16.4. The van der Waals surface area contributed by atoms with Crippen LogP contribution in [0, 0.1) is 0 Å². The molecule has 0 unspecified atom stereocenters. The summed E-state index contributed by atoms with van der Waals surface area (Å²) in [6, 6.07) is -0.804. The number of nitrogens with zero attached hydrogens (tertiary/aromatic N) is 1. The van der Waals surface area contributed by atoms with Gasteiger partial charge in [0.15, 0.2) is 5.96 Å². The van der Waals surface area contributed by atoms with Gasteiger partial charge in [0, 0.05) is 6.54 Å². The summed E-state index contributed by atoms with van der Waals surface area (Å²) in [6.45, 7) is 0.381. The molecule has 0 aliphatic rings. The van der Waals surface area contributed by atoms with Gasteiger partial charge in [0.1, 0.15) is 7.45 Å². The number of nitrogens with one attached hydrogen (secondary N) is 1. The number of carboxylic acids is 1. The number of aliphatic carboxylic acids is 1. The Kier molecular flexibility index (Phi) is 4.65. The van der Waals surface area contributed by atoms with E-state index in [4.69, 9.17) is 18.0 Å². The first-order chi connectivity index (χ1) is 6.57. The molecule has 76 valence electrons. The summed E-state index contributed by atoms with van der Waals surface area (Å²) in [5.41, 5.74) is 12.4. The van der Waals surface area contributed by atoms with Crippen molar-refractivity contribution in [3.8, 4) is 0 Å².